The lowest BCUT2D eigenvalue weighted by Crippen LogP contribution is -2.47. The van der Waals surface area contributed by atoms with Gasteiger partial charge in [0.2, 0.25) is 0 Å². The Morgan fingerprint density at radius 2 is 1.78 bits per heavy atom. The van der Waals surface area contributed by atoms with Crippen molar-refractivity contribution in [1.82, 2.24) is 29.4 Å². The minimum absolute atomic E-state index is 0.185. The predicted molar refractivity (Wildman–Crippen MR) is 124 cm³/mol. The molecule has 1 fully saturated rings. The molecule has 1 aliphatic rings. The molecule has 164 valence electrons. The number of hydrogen-bond acceptors (Lipinski definition) is 7. The molecule has 0 aliphatic carbocycles. The van der Waals surface area contributed by atoms with E-state index in [0.717, 1.165) is 37.4 Å². The third kappa shape index (κ3) is 3.69. The summed E-state index contributed by atoms with van der Waals surface area (Å²) in [5.41, 5.74) is 2.05. The molecule has 0 atom stereocenters. The van der Waals surface area contributed by atoms with E-state index in [4.69, 9.17) is 11.6 Å². The Balaban J connectivity index is 1.38. The van der Waals surface area contributed by atoms with E-state index in [9.17, 15) is 4.79 Å². The topological polar surface area (TPSA) is 84.5 Å². The van der Waals surface area contributed by atoms with E-state index in [1.165, 1.54) is 11.0 Å². The molecule has 0 unspecified atom stereocenters. The maximum atomic E-state index is 12.8. The van der Waals surface area contributed by atoms with Crippen molar-refractivity contribution in [2.24, 2.45) is 0 Å². The Labute approximate surface area is 189 Å². The van der Waals surface area contributed by atoms with Gasteiger partial charge in [-0.05, 0) is 18.6 Å². The Bertz CT molecular complexity index is 1290. The summed E-state index contributed by atoms with van der Waals surface area (Å²) in [5.74, 6) is 1.60. The highest BCUT2D eigenvalue weighted by molar-refractivity contribution is 6.33. The number of aromatic nitrogens is 6. The van der Waals surface area contributed by atoms with Crippen LogP contribution < -0.4 is 15.4 Å². The lowest BCUT2D eigenvalue weighted by molar-refractivity contribution is 0.634. The Hall–Kier alpha value is -3.46. The standard InChI is InChI=1S/C22H23ClN8O/c1-2-6-16-13-19(31-22(27-16)24-15-26-31)29-11-9-28(10-12-29)18-14-25-30(21(32)20(18)23)17-7-4-3-5-8-17/h3-5,7-8,13-15H,2,6,9-12H2,1H3. The molecule has 0 bridgehead atoms. The van der Waals surface area contributed by atoms with Crippen molar-refractivity contribution in [2.75, 3.05) is 36.0 Å². The molecule has 0 saturated carbocycles. The van der Waals surface area contributed by atoms with Gasteiger partial charge >= 0.3 is 0 Å². The summed E-state index contributed by atoms with van der Waals surface area (Å²) in [6.45, 7) is 5.05. The highest BCUT2D eigenvalue weighted by Gasteiger charge is 2.24. The molecule has 4 heterocycles. The number of nitrogens with zero attached hydrogens (tertiary/aromatic N) is 8. The summed E-state index contributed by atoms with van der Waals surface area (Å²) in [6.07, 6.45) is 5.12. The number of fused-ring (bicyclic) bond motifs is 1. The molecule has 4 aromatic rings. The molecule has 3 aromatic heterocycles. The molecular weight excluding hydrogens is 428 g/mol. The molecule has 32 heavy (non-hydrogen) atoms. The Kier molecular flexibility index (Phi) is 5.48. The predicted octanol–water partition coefficient (Wildman–Crippen LogP) is 2.60. The fourth-order valence-corrected chi connectivity index (χ4v) is 4.28. The van der Waals surface area contributed by atoms with Crippen LogP contribution in [0.5, 0.6) is 0 Å². The first-order chi connectivity index (χ1) is 15.7. The average molecular weight is 451 g/mol. The molecule has 1 aliphatic heterocycles. The van der Waals surface area contributed by atoms with E-state index < -0.39 is 0 Å². The Morgan fingerprint density at radius 3 is 2.53 bits per heavy atom. The molecule has 9 nitrogen and oxygen atoms in total. The minimum Gasteiger partial charge on any atom is -0.365 e. The van der Waals surface area contributed by atoms with E-state index in [1.54, 1.807) is 10.7 Å². The van der Waals surface area contributed by atoms with Crippen molar-refractivity contribution in [3.63, 3.8) is 0 Å². The van der Waals surface area contributed by atoms with Crippen molar-refractivity contribution in [2.45, 2.75) is 19.8 Å². The van der Waals surface area contributed by atoms with Crippen LogP contribution in [-0.4, -0.2) is 55.5 Å². The number of piperazine rings is 1. The van der Waals surface area contributed by atoms with Crippen LogP contribution in [0, 0.1) is 0 Å². The summed E-state index contributed by atoms with van der Waals surface area (Å²) in [6, 6.07) is 11.4. The van der Waals surface area contributed by atoms with Crippen molar-refractivity contribution >= 4 is 28.9 Å². The number of para-hydroxylation sites is 1. The second-order valence-electron chi connectivity index (χ2n) is 7.70. The average Bonchev–Trinajstić information content (AvgIpc) is 3.30. The highest BCUT2D eigenvalue weighted by Crippen LogP contribution is 2.25. The van der Waals surface area contributed by atoms with E-state index in [-0.39, 0.29) is 10.6 Å². The second kappa shape index (κ2) is 8.58. The molecule has 10 heteroatoms. The van der Waals surface area contributed by atoms with Gasteiger partial charge in [-0.25, -0.2) is 4.98 Å². The lowest BCUT2D eigenvalue weighted by Gasteiger charge is -2.37. The van der Waals surface area contributed by atoms with Crippen LogP contribution in [0.15, 0.2) is 53.7 Å². The van der Waals surface area contributed by atoms with Crippen LogP contribution in [0.4, 0.5) is 11.5 Å². The fraction of sp³-hybridized carbons (Fsp3) is 0.318. The van der Waals surface area contributed by atoms with Crippen LogP contribution in [0.25, 0.3) is 11.5 Å². The quantitative estimate of drug-likeness (QED) is 0.462. The third-order valence-corrected chi connectivity index (χ3v) is 5.99. The number of hydrogen-bond donors (Lipinski definition) is 0. The van der Waals surface area contributed by atoms with Gasteiger partial charge < -0.3 is 9.80 Å². The smallest absolute Gasteiger partial charge is 0.292 e. The zero-order chi connectivity index (χ0) is 22.1. The van der Waals surface area contributed by atoms with E-state index >= 15 is 0 Å². The molecular formula is C22H23ClN8O. The van der Waals surface area contributed by atoms with Gasteiger partial charge in [-0.2, -0.15) is 24.4 Å². The normalized spacial score (nSPS) is 14.3. The molecule has 0 radical (unpaired) electrons. The number of anilines is 2. The number of benzene rings is 1. The van der Waals surface area contributed by atoms with Crippen LogP contribution >= 0.6 is 11.6 Å². The lowest BCUT2D eigenvalue weighted by atomic mass is 10.2. The van der Waals surface area contributed by atoms with E-state index in [2.05, 4.69) is 43.0 Å². The first kappa shape index (κ1) is 20.4. The van der Waals surface area contributed by atoms with Crippen LogP contribution in [0.2, 0.25) is 5.02 Å². The number of rotatable bonds is 5. The SMILES string of the molecule is CCCc1cc(N2CCN(c3cnn(-c4ccccc4)c(=O)c3Cl)CC2)n2ncnc2n1. The molecule has 5 rings (SSSR count). The van der Waals surface area contributed by atoms with E-state index in [1.807, 2.05) is 30.3 Å². The van der Waals surface area contributed by atoms with E-state index in [0.29, 0.717) is 30.2 Å². The first-order valence-electron chi connectivity index (χ1n) is 10.7. The van der Waals surface area contributed by atoms with Gasteiger partial charge in [0, 0.05) is 37.9 Å². The van der Waals surface area contributed by atoms with Gasteiger partial charge in [0.05, 0.1) is 17.6 Å². The fourth-order valence-electron chi connectivity index (χ4n) is 4.03. The largest absolute Gasteiger partial charge is 0.365 e. The van der Waals surface area contributed by atoms with Crippen molar-refractivity contribution in [3.8, 4) is 5.69 Å². The molecule has 1 saturated heterocycles. The zero-order valence-electron chi connectivity index (χ0n) is 17.7. The van der Waals surface area contributed by atoms with Crippen molar-refractivity contribution in [3.05, 3.63) is 70.0 Å². The maximum Gasteiger partial charge on any atom is 0.292 e. The van der Waals surface area contributed by atoms with Crippen molar-refractivity contribution < 1.29 is 0 Å². The van der Waals surface area contributed by atoms with Gasteiger partial charge in [0.15, 0.2) is 0 Å². The first-order valence-corrected chi connectivity index (χ1v) is 11.1. The number of halogens is 1. The van der Waals surface area contributed by atoms with Crippen LogP contribution in [0.3, 0.4) is 0 Å². The van der Waals surface area contributed by atoms with Gasteiger partial charge in [-0.1, -0.05) is 43.1 Å². The summed E-state index contributed by atoms with van der Waals surface area (Å²) in [7, 11) is 0. The van der Waals surface area contributed by atoms with Gasteiger partial charge in [-0.3, -0.25) is 4.79 Å². The molecule has 0 amide bonds. The van der Waals surface area contributed by atoms with Gasteiger partial charge in [-0.15, -0.1) is 0 Å². The molecule has 1 aromatic carbocycles. The molecule has 0 spiro atoms. The summed E-state index contributed by atoms with van der Waals surface area (Å²) in [4.78, 5) is 26.1. The maximum absolute atomic E-state index is 12.8. The zero-order valence-corrected chi connectivity index (χ0v) is 18.5. The third-order valence-electron chi connectivity index (χ3n) is 5.64. The van der Waals surface area contributed by atoms with Gasteiger partial charge in [0.1, 0.15) is 17.2 Å². The second-order valence-corrected chi connectivity index (χ2v) is 8.08. The monoisotopic (exact) mass is 450 g/mol. The summed E-state index contributed by atoms with van der Waals surface area (Å²) < 4.78 is 3.11. The summed E-state index contributed by atoms with van der Waals surface area (Å²) in [5, 5.41) is 8.90. The molecule has 0 N–H and O–H groups in total. The van der Waals surface area contributed by atoms with Crippen LogP contribution in [0.1, 0.15) is 19.0 Å². The van der Waals surface area contributed by atoms with Crippen molar-refractivity contribution in [1.29, 1.82) is 0 Å². The van der Waals surface area contributed by atoms with Gasteiger partial charge in [0.25, 0.3) is 11.3 Å². The van der Waals surface area contributed by atoms with Crippen LogP contribution in [-0.2, 0) is 6.42 Å². The summed E-state index contributed by atoms with van der Waals surface area (Å²) >= 11 is 6.49. The minimum atomic E-state index is -0.319. The highest BCUT2D eigenvalue weighted by atomic mass is 35.5. The Morgan fingerprint density at radius 1 is 1.03 bits per heavy atom. The number of aryl methyl sites for hydroxylation is 1.